The molecule has 118 valence electrons. The minimum Gasteiger partial charge on any atom is -0.293 e. The third-order valence-corrected chi connectivity index (χ3v) is 4.25. The van der Waals surface area contributed by atoms with Gasteiger partial charge in [0.2, 0.25) is 0 Å². The molecular formula is C15H12N2O5S. The molecular weight excluding hydrogens is 320 g/mol. The zero-order chi connectivity index (χ0) is 17.0. The van der Waals surface area contributed by atoms with Crippen LogP contribution in [0.2, 0.25) is 0 Å². The maximum absolute atomic E-state index is 12.3. The van der Waals surface area contributed by atoms with Crippen LogP contribution in [0.3, 0.4) is 0 Å². The van der Waals surface area contributed by atoms with Crippen LogP contribution in [0.1, 0.15) is 17.3 Å². The van der Waals surface area contributed by atoms with Gasteiger partial charge in [-0.25, -0.2) is 0 Å². The Balaban J connectivity index is 2.27. The van der Waals surface area contributed by atoms with E-state index in [1.54, 1.807) is 37.3 Å². The quantitative estimate of drug-likeness (QED) is 0.344. The molecule has 0 spiro atoms. The summed E-state index contributed by atoms with van der Waals surface area (Å²) in [7, 11) is 0. The highest BCUT2D eigenvalue weighted by atomic mass is 32.2. The van der Waals surface area contributed by atoms with E-state index < -0.39 is 15.1 Å². The molecule has 0 saturated heterocycles. The molecule has 0 bridgehead atoms. The molecule has 0 saturated carbocycles. The van der Waals surface area contributed by atoms with Crippen molar-refractivity contribution in [3.63, 3.8) is 0 Å². The van der Waals surface area contributed by atoms with Crippen LogP contribution in [0.4, 0.5) is 11.4 Å². The fraction of sp³-hybridized carbons (Fsp3) is 0.133. The van der Waals surface area contributed by atoms with Crippen molar-refractivity contribution in [1.29, 1.82) is 0 Å². The molecule has 7 nitrogen and oxygen atoms in total. The van der Waals surface area contributed by atoms with E-state index in [-0.39, 0.29) is 22.1 Å². The molecule has 0 N–H and O–H groups in total. The summed E-state index contributed by atoms with van der Waals surface area (Å²) < 4.78 is 0. The van der Waals surface area contributed by atoms with Gasteiger partial charge in [0, 0.05) is 11.6 Å². The highest BCUT2D eigenvalue weighted by Gasteiger charge is 2.24. The van der Waals surface area contributed by atoms with Crippen LogP contribution < -0.4 is 0 Å². The first-order chi connectivity index (χ1) is 10.9. The van der Waals surface area contributed by atoms with Crippen LogP contribution in [-0.4, -0.2) is 20.9 Å². The summed E-state index contributed by atoms with van der Waals surface area (Å²) in [5.74, 6) is -0.164. The van der Waals surface area contributed by atoms with Gasteiger partial charge in [-0.15, -0.1) is 11.8 Å². The van der Waals surface area contributed by atoms with E-state index in [9.17, 15) is 25.0 Å². The molecule has 1 atom stereocenters. The van der Waals surface area contributed by atoms with Crippen molar-refractivity contribution in [3.8, 4) is 0 Å². The smallest absolute Gasteiger partial charge is 0.289 e. The van der Waals surface area contributed by atoms with Crippen LogP contribution in [0.15, 0.2) is 53.4 Å². The summed E-state index contributed by atoms with van der Waals surface area (Å²) in [5, 5.41) is 21.3. The Hall–Kier alpha value is -2.74. The van der Waals surface area contributed by atoms with Gasteiger partial charge in [0.15, 0.2) is 5.78 Å². The predicted octanol–water partition coefficient (Wildman–Crippen LogP) is 3.87. The summed E-state index contributed by atoms with van der Waals surface area (Å²) in [4.78, 5) is 33.0. The second-order valence-electron chi connectivity index (χ2n) is 4.66. The molecule has 23 heavy (non-hydrogen) atoms. The Bertz CT molecular complexity index is 764. The van der Waals surface area contributed by atoms with E-state index in [0.29, 0.717) is 5.56 Å². The predicted molar refractivity (Wildman–Crippen MR) is 85.8 cm³/mol. The molecule has 0 aliphatic rings. The Kier molecular flexibility index (Phi) is 5.07. The molecule has 0 aliphatic carbocycles. The number of hydrogen-bond acceptors (Lipinski definition) is 6. The van der Waals surface area contributed by atoms with E-state index in [0.717, 1.165) is 17.8 Å². The molecule has 0 amide bonds. The number of Topliss-reactive ketones (excluding diaryl/α,β-unsaturated/α-hetero) is 1. The number of hydrogen-bond donors (Lipinski definition) is 0. The average Bonchev–Trinajstić information content (AvgIpc) is 2.54. The monoisotopic (exact) mass is 332 g/mol. The van der Waals surface area contributed by atoms with Gasteiger partial charge >= 0.3 is 0 Å². The first kappa shape index (κ1) is 16.6. The number of carbonyl (C=O) groups is 1. The fourth-order valence-corrected chi connectivity index (χ4v) is 2.97. The van der Waals surface area contributed by atoms with E-state index in [1.807, 2.05) is 0 Å². The number of nitro groups is 2. The van der Waals surface area contributed by atoms with Crippen molar-refractivity contribution in [2.45, 2.75) is 17.1 Å². The second kappa shape index (κ2) is 7.01. The van der Waals surface area contributed by atoms with Crippen LogP contribution in [0.25, 0.3) is 0 Å². The van der Waals surface area contributed by atoms with Gasteiger partial charge in [-0.05, 0) is 13.0 Å². The Morgan fingerprint density at radius 2 is 1.70 bits per heavy atom. The average molecular weight is 332 g/mol. The summed E-state index contributed by atoms with van der Waals surface area (Å²) in [6, 6.07) is 12.0. The number of ketones is 1. The minimum absolute atomic E-state index is 0.164. The van der Waals surface area contributed by atoms with Crippen molar-refractivity contribution in [1.82, 2.24) is 0 Å². The van der Waals surface area contributed by atoms with Gasteiger partial charge in [0.05, 0.1) is 26.1 Å². The highest BCUT2D eigenvalue weighted by Crippen LogP contribution is 2.35. The first-order valence-electron chi connectivity index (χ1n) is 6.59. The normalized spacial score (nSPS) is 11.7. The SMILES string of the molecule is CC(Sc1ccc([N+](=O)[O-])cc1[N+](=O)[O-])C(=O)c1ccccc1. The minimum atomic E-state index is -0.694. The van der Waals surface area contributed by atoms with Crippen LogP contribution >= 0.6 is 11.8 Å². The second-order valence-corrected chi connectivity index (χ2v) is 6.04. The first-order valence-corrected chi connectivity index (χ1v) is 7.47. The highest BCUT2D eigenvalue weighted by molar-refractivity contribution is 8.00. The van der Waals surface area contributed by atoms with Crippen LogP contribution in [0.5, 0.6) is 0 Å². The van der Waals surface area contributed by atoms with Gasteiger partial charge < -0.3 is 0 Å². The van der Waals surface area contributed by atoms with Gasteiger partial charge in [0.25, 0.3) is 11.4 Å². The van der Waals surface area contributed by atoms with E-state index in [2.05, 4.69) is 0 Å². The third-order valence-electron chi connectivity index (χ3n) is 3.08. The zero-order valence-electron chi connectivity index (χ0n) is 12.0. The van der Waals surface area contributed by atoms with Crippen molar-refractivity contribution < 1.29 is 14.6 Å². The lowest BCUT2D eigenvalue weighted by Gasteiger charge is -2.10. The molecule has 0 fully saturated rings. The van der Waals surface area contributed by atoms with Crippen LogP contribution in [0, 0.1) is 20.2 Å². The number of thioether (sulfide) groups is 1. The molecule has 2 aromatic carbocycles. The molecule has 0 aliphatic heterocycles. The Labute approximate surface area is 135 Å². The van der Waals surface area contributed by atoms with Gasteiger partial charge in [-0.2, -0.15) is 0 Å². The maximum Gasteiger partial charge on any atom is 0.289 e. The summed E-state index contributed by atoms with van der Waals surface area (Å²) in [5.41, 5.74) is -0.225. The van der Waals surface area contributed by atoms with Crippen molar-refractivity contribution in [3.05, 3.63) is 74.3 Å². The van der Waals surface area contributed by atoms with E-state index in [4.69, 9.17) is 0 Å². The fourth-order valence-electron chi connectivity index (χ4n) is 1.94. The van der Waals surface area contributed by atoms with E-state index in [1.165, 1.54) is 12.1 Å². The largest absolute Gasteiger partial charge is 0.293 e. The van der Waals surface area contributed by atoms with E-state index >= 15 is 0 Å². The lowest BCUT2D eigenvalue weighted by molar-refractivity contribution is -0.396. The van der Waals surface area contributed by atoms with Crippen molar-refractivity contribution >= 4 is 28.9 Å². The Morgan fingerprint density at radius 3 is 2.26 bits per heavy atom. The van der Waals surface area contributed by atoms with Gasteiger partial charge in [-0.3, -0.25) is 25.0 Å². The van der Waals surface area contributed by atoms with Gasteiger partial charge in [-0.1, -0.05) is 30.3 Å². The number of nitro benzene ring substituents is 2. The summed E-state index contributed by atoms with van der Waals surface area (Å²) in [6.45, 7) is 1.64. The molecule has 0 radical (unpaired) electrons. The summed E-state index contributed by atoms with van der Waals surface area (Å²) in [6.07, 6.45) is 0. The number of benzene rings is 2. The molecule has 2 rings (SSSR count). The van der Waals surface area contributed by atoms with Crippen LogP contribution in [-0.2, 0) is 0 Å². The van der Waals surface area contributed by atoms with Crippen molar-refractivity contribution in [2.24, 2.45) is 0 Å². The van der Waals surface area contributed by atoms with Crippen molar-refractivity contribution in [2.75, 3.05) is 0 Å². The number of carbonyl (C=O) groups excluding carboxylic acids is 1. The topological polar surface area (TPSA) is 103 Å². The summed E-state index contributed by atoms with van der Waals surface area (Å²) >= 11 is 1.01. The third kappa shape index (κ3) is 3.92. The molecule has 0 aromatic heterocycles. The maximum atomic E-state index is 12.3. The lowest BCUT2D eigenvalue weighted by atomic mass is 10.1. The molecule has 1 unspecified atom stereocenters. The number of rotatable bonds is 6. The standard InChI is InChI=1S/C15H12N2O5S/c1-10(15(18)11-5-3-2-4-6-11)23-14-8-7-12(16(19)20)9-13(14)17(21)22/h2-10H,1H3. The number of non-ortho nitro benzene ring substituents is 1. The number of nitrogens with zero attached hydrogens (tertiary/aromatic N) is 2. The molecule has 2 aromatic rings. The Morgan fingerprint density at radius 1 is 1.04 bits per heavy atom. The zero-order valence-corrected chi connectivity index (χ0v) is 12.9. The lowest BCUT2D eigenvalue weighted by Crippen LogP contribution is -2.13. The molecule has 8 heteroatoms. The molecule has 0 heterocycles. The van der Waals surface area contributed by atoms with Gasteiger partial charge in [0.1, 0.15) is 0 Å².